The Bertz CT molecular complexity index is 860. The van der Waals surface area contributed by atoms with E-state index < -0.39 is 0 Å². The van der Waals surface area contributed by atoms with Gasteiger partial charge in [-0.3, -0.25) is 14.2 Å². The molecule has 1 saturated carbocycles. The van der Waals surface area contributed by atoms with Gasteiger partial charge in [0, 0.05) is 19.2 Å². The van der Waals surface area contributed by atoms with Crippen molar-refractivity contribution in [3.05, 3.63) is 39.0 Å². The number of hydrogen-bond acceptors (Lipinski definition) is 3. The Morgan fingerprint density at radius 3 is 2.71 bits per heavy atom. The molecule has 0 saturated heterocycles. The summed E-state index contributed by atoms with van der Waals surface area (Å²) in [6, 6.07) is 4.94. The molecule has 6 heteroatoms. The number of carbonyl (C=O) groups is 1. The average Bonchev–Trinajstić information content (AvgIpc) is 2.56. The fourth-order valence-electron chi connectivity index (χ4n) is 3.52. The Morgan fingerprint density at radius 2 is 2.00 bits per heavy atom. The zero-order valence-corrected chi connectivity index (χ0v) is 13.9. The molecule has 3 rings (SSSR count). The number of aromatic amines is 1. The summed E-state index contributed by atoms with van der Waals surface area (Å²) in [5.41, 5.74) is 0.387. The maximum Gasteiger partial charge on any atom is 0.328 e. The number of H-pyrrole nitrogens is 1. The first-order valence-electron chi connectivity index (χ1n) is 8.59. The molecular formula is C18H23N3O3. The lowest BCUT2D eigenvalue weighted by atomic mass is 9.87. The lowest BCUT2D eigenvalue weighted by molar-refractivity contribution is -0.114. The summed E-state index contributed by atoms with van der Waals surface area (Å²) in [6.45, 7) is 1.86. The predicted molar refractivity (Wildman–Crippen MR) is 94.3 cm³/mol. The zero-order chi connectivity index (χ0) is 17.1. The molecule has 1 aliphatic rings. The summed E-state index contributed by atoms with van der Waals surface area (Å²) in [7, 11) is 0. The molecule has 1 fully saturated rings. The van der Waals surface area contributed by atoms with E-state index in [0.717, 1.165) is 6.42 Å². The summed E-state index contributed by atoms with van der Waals surface area (Å²) in [5, 5.41) is 3.08. The van der Waals surface area contributed by atoms with Crippen molar-refractivity contribution in [1.29, 1.82) is 0 Å². The minimum Gasteiger partial charge on any atom is -0.326 e. The Morgan fingerprint density at radius 1 is 1.25 bits per heavy atom. The quantitative estimate of drug-likeness (QED) is 0.904. The largest absolute Gasteiger partial charge is 0.328 e. The van der Waals surface area contributed by atoms with E-state index in [0.29, 0.717) is 29.1 Å². The van der Waals surface area contributed by atoms with Crippen molar-refractivity contribution in [3.8, 4) is 0 Å². The number of rotatable bonds is 4. The molecule has 0 radical (unpaired) electrons. The summed E-state index contributed by atoms with van der Waals surface area (Å²) in [5.74, 6) is 0.405. The van der Waals surface area contributed by atoms with Crippen molar-refractivity contribution < 1.29 is 4.79 Å². The monoisotopic (exact) mass is 329 g/mol. The first-order valence-corrected chi connectivity index (χ1v) is 8.59. The third-order valence-electron chi connectivity index (χ3n) is 4.79. The highest BCUT2D eigenvalue weighted by atomic mass is 16.2. The SMILES string of the molecule is CC(=O)Nc1ccc2[nH]c(=O)n(CCC3CCCCC3)c(=O)c2c1. The molecule has 1 aromatic carbocycles. The molecule has 1 heterocycles. The molecule has 0 unspecified atom stereocenters. The lowest BCUT2D eigenvalue weighted by Crippen LogP contribution is -2.35. The molecule has 128 valence electrons. The Hall–Kier alpha value is -2.37. The zero-order valence-electron chi connectivity index (χ0n) is 13.9. The van der Waals surface area contributed by atoms with Crippen LogP contribution in [-0.2, 0) is 11.3 Å². The highest BCUT2D eigenvalue weighted by Crippen LogP contribution is 2.26. The van der Waals surface area contributed by atoms with Crippen LogP contribution in [0.3, 0.4) is 0 Å². The van der Waals surface area contributed by atoms with Crippen LogP contribution in [0.2, 0.25) is 0 Å². The number of amides is 1. The Kier molecular flexibility index (Phi) is 4.83. The lowest BCUT2D eigenvalue weighted by Gasteiger charge is -2.21. The van der Waals surface area contributed by atoms with E-state index in [1.165, 1.54) is 43.6 Å². The average molecular weight is 329 g/mol. The van der Waals surface area contributed by atoms with Gasteiger partial charge in [-0.25, -0.2) is 4.79 Å². The second-order valence-corrected chi connectivity index (χ2v) is 6.62. The number of hydrogen-bond donors (Lipinski definition) is 2. The molecule has 1 aliphatic carbocycles. The smallest absolute Gasteiger partial charge is 0.326 e. The third-order valence-corrected chi connectivity index (χ3v) is 4.79. The van der Waals surface area contributed by atoms with Crippen molar-refractivity contribution in [2.24, 2.45) is 5.92 Å². The van der Waals surface area contributed by atoms with Crippen molar-refractivity contribution in [1.82, 2.24) is 9.55 Å². The number of fused-ring (bicyclic) bond motifs is 1. The van der Waals surface area contributed by atoms with Crippen molar-refractivity contribution in [3.63, 3.8) is 0 Å². The molecular weight excluding hydrogens is 306 g/mol. The van der Waals surface area contributed by atoms with E-state index in [-0.39, 0.29) is 17.2 Å². The van der Waals surface area contributed by atoms with Gasteiger partial charge in [0.15, 0.2) is 0 Å². The van der Waals surface area contributed by atoms with E-state index in [1.807, 2.05) is 0 Å². The minimum absolute atomic E-state index is 0.198. The topological polar surface area (TPSA) is 84.0 Å². The summed E-state index contributed by atoms with van der Waals surface area (Å²) < 4.78 is 1.29. The highest BCUT2D eigenvalue weighted by Gasteiger charge is 2.15. The number of aromatic nitrogens is 2. The summed E-state index contributed by atoms with van der Waals surface area (Å²) >= 11 is 0. The van der Waals surface area contributed by atoms with Crippen LogP contribution in [0.5, 0.6) is 0 Å². The molecule has 24 heavy (non-hydrogen) atoms. The molecule has 2 N–H and O–H groups in total. The first kappa shape index (κ1) is 16.5. The van der Waals surface area contributed by atoms with E-state index in [1.54, 1.807) is 18.2 Å². The molecule has 0 atom stereocenters. The maximum atomic E-state index is 12.7. The van der Waals surface area contributed by atoms with Gasteiger partial charge < -0.3 is 10.3 Å². The second kappa shape index (κ2) is 7.03. The van der Waals surface area contributed by atoms with E-state index in [2.05, 4.69) is 10.3 Å². The number of anilines is 1. The van der Waals surface area contributed by atoms with Gasteiger partial charge in [0.05, 0.1) is 10.9 Å². The molecule has 2 aromatic rings. The molecule has 0 bridgehead atoms. The van der Waals surface area contributed by atoms with Crippen LogP contribution >= 0.6 is 0 Å². The van der Waals surface area contributed by atoms with E-state index in [4.69, 9.17) is 0 Å². The second-order valence-electron chi connectivity index (χ2n) is 6.62. The standard InChI is InChI=1S/C18H23N3O3/c1-12(22)19-14-7-8-16-15(11-14)17(23)21(18(24)20-16)10-9-13-5-3-2-4-6-13/h7-8,11,13H,2-6,9-10H2,1H3,(H,19,22)(H,20,24). The van der Waals surface area contributed by atoms with Gasteiger partial charge >= 0.3 is 5.69 Å². The van der Waals surface area contributed by atoms with Crippen molar-refractivity contribution in [2.45, 2.75) is 52.0 Å². The van der Waals surface area contributed by atoms with Crippen LogP contribution in [0.25, 0.3) is 10.9 Å². The number of nitrogens with one attached hydrogen (secondary N) is 2. The normalized spacial score (nSPS) is 15.5. The Labute approximate surface area is 139 Å². The van der Waals surface area contributed by atoms with Crippen molar-refractivity contribution in [2.75, 3.05) is 5.32 Å². The number of benzene rings is 1. The molecule has 1 amide bonds. The van der Waals surface area contributed by atoms with Gasteiger partial charge in [0.25, 0.3) is 5.56 Å². The van der Waals surface area contributed by atoms with Crippen LogP contribution in [0.15, 0.2) is 27.8 Å². The van der Waals surface area contributed by atoms with Gasteiger partial charge in [-0.2, -0.15) is 0 Å². The fraction of sp³-hybridized carbons (Fsp3) is 0.500. The minimum atomic E-state index is -0.365. The maximum absolute atomic E-state index is 12.7. The van der Waals surface area contributed by atoms with Gasteiger partial charge in [-0.05, 0) is 30.5 Å². The number of nitrogens with zero attached hydrogens (tertiary/aromatic N) is 1. The van der Waals surface area contributed by atoms with Crippen LogP contribution < -0.4 is 16.6 Å². The van der Waals surface area contributed by atoms with Crippen LogP contribution in [0.4, 0.5) is 5.69 Å². The Balaban J connectivity index is 1.90. The molecule has 0 spiro atoms. The van der Waals surface area contributed by atoms with Gasteiger partial charge in [0.1, 0.15) is 0 Å². The molecule has 6 nitrogen and oxygen atoms in total. The first-order chi connectivity index (χ1) is 11.5. The molecule has 0 aliphatic heterocycles. The number of carbonyl (C=O) groups excluding carboxylic acids is 1. The van der Waals surface area contributed by atoms with Gasteiger partial charge in [0.2, 0.25) is 5.91 Å². The van der Waals surface area contributed by atoms with Crippen molar-refractivity contribution >= 4 is 22.5 Å². The van der Waals surface area contributed by atoms with Gasteiger partial charge in [-0.1, -0.05) is 32.1 Å². The summed E-state index contributed by atoms with van der Waals surface area (Å²) in [4.78, 5) is 38.9. The summed E-state index contributed by atoms with van der Waals surface area (Å²) in [6.07, 6.45) is 7.01. The molecule has 1 aromatic heterocycles. The van der Waals surface area contributed by atoms with Crippen LogP contribution in [-0.4, -0.2) is 15.5 Å². The van der Waals surface area contributed by atoms with E-state index in [9.17, 15) is 14.4 Å². The predicted octanol–water partition coefficient (Wildman–Crippen LogP) is 2.62. The fourth-order valence-corrected chi connectivity index (χ4v) is 3.52. The van der Waals surface area contributed by atoms with Crippen LogP contribution in [0.1, 0.15) is 45.4 Å². The van der Waals surface area contributed by atoms with Gasteiger partial charge in [-0.15, -0.1) is 0 Å². The van der Waals surface area contributed by atoms with Crippen LogP contribution in [0, 0.1) is 5.92 Å². The van der Waals surface area contributed by atoms with E-state index >= 15 is 0 Å². The third kappa shape index (κ3) is 3.58. The highest BCUT2D eigenvalue weighted by molar-refractivity contribution is 5.91.